The second-order valence-corrected chi connectivity index (χ2v) is 5.82. The molecule has 26 heavy (non-hydrogen) atoms. The van der Waals surface area contributed by atoms with Crippen molar-refractivity contribution in [1.82, 2.24) is 4.98 Å². The molecule has 0 unspecified atom stereocenters. The van der Waals surface area contributed by atoms with E-state index in [4.69, 9.17) is 14.4 Å². The monoisotopic (exact) mass is 351 g/mol. The van der Waals surface area contributed by atoms with Crippen LogP contribution in [0.1, 0.15) is 31.0 Å². The predicted molar refractivity (Wildman–Crippen MR) is 92.3 cm³/mol. The lowest BCUT2D eigenvalue weighted by atomic mass is 10.00. The number of fused-ring (bicyclic) bond motifs is 1. The zero-order valence-corrected chi connectivity index (χ0v) is 13.9. The standard InChI is InChI=1S/C18H13N3O5/c1-10(2)13-8-18(22)26-16-7-11(3-4-12(13)16)25-17-6-5-15(21(23)24)14(9-19)20-17/h3-8,10H,1-2H3. The van der Waals surface area contributed by atoms with E-state index >= 15 is 0 Å². The number of benzene rings is 1. The number of rotatable bonds is 4. The van der Waals surface area contributed by atoms with Crippen LogP contribution < -0.4 is 10.4 Å². The Hall–Kier alpha value is -3.73. The molecule has 3 aromatic rings. The Bertz CT molecular complexity index is 1110. The molecule has 0 spiro atoms. The van der Waals surface area contributed by atoms with E-state index in [-0.39, 0.29) is 17.5 Å². The highest BCUT2D eigenvalue weighted by Crippen LogP contribution is 2.29. The molecule has 130 valence electrons. The Balaban J connectivity index is 2.01. The fraction of sp³-hybridized carbons (Fsp3) is 0.167. The van der Waals surface area contributed by atoms with Gasteiger partial charge in [-0.15, -0.1) is 0 Å². The maximum absolute atomic E-state index is 11.7. The molecule has 0 saturated carbocycles. The van der Waals surface area contributed by atoms with E-state index in [1.54, 1.807) is 18.2 Å². The smallest absolute Gasteiger partial charge is 0.336 e. The molecule has 0 atom stereocenters. The first-order valence-corrected chi connectivity index (χ1v) is 7.70. The summed E-state index contributed by atoms with van der Waals surface area (Å²) >= 11 is 0. The summed E-state index contributed by atoms with van der Waals surface area (Å²) in [6.45, 7) is 3.95. The number of pyridine rings is 1. The molecule has 0 amide bonds. The van der Waals surface area contributed by atoms with Gasteiger partial charge < -0.3 is 9.15 Å². The average molecular weight is 351 g/mol. The first-order chi connectivity index (χ1) is 12.4. The summed E-state index contributed by atoms with van der Waals surface area (Å²) in [5.74, 6) is 0.489. The van der Waals surface area contributed by atoms with Crippen LogP contribution in [0, 0.1) is 21.4 Å². The van der Waals surface area contributed by atoms with Gasteiger partial charge in [-0.3, -0.25) is 10.1 Å². The van der Waals surface area contributed by atoms with Crippen LogP contribution in [0.15, 0.2) is 45.6 Å². The third kappa shape index (κ3) is 3.23. The van der Waals surface area contributed by atoms with Crippen molar-refractivity contribution in [2.45, 2.75) is 19.8 Å². The summed E-state index contributed by atoms with van der Waals surface area (Å²) in [6, 6.07) is 10.6. The number of ether oxygens (including phenoxy) is 1. The summed E-state index contributed by atoms with van der Waals surface area (Å²) in [7, 11) is 0. The molecule has 3 rings (SSSR count). The Morgan fingerprint density at radius 2 is 2.04 bits per heavy atom. The van der Waals surface area contributed by atoms with Crippen LogP contribution in [0.5, 0.6) is 11.6 Å². The van der Waals surface area contributed by atoms with E-state index in [9.17, 15) is 14.9 Å². The van der Waals surface area contributed by atoms with Gasteiger partial charge in [0.25, 0.3) is 0 Å². The highest BCUT2D eigenvalue weighted by molar-refractivity contribution is 5.82. The van der Waals surface area contributed by atoms with Crippen molar-refractivity contribution in [2.75, 3.05) is 0 Å². The predicted octanol–water partition coefficient (Wildman–Crippen LogP) is 3.88. The number of hydrogen-bond donors (Lipinski definition) is 0. The van der Waals surface area contributed by atoms with Gasteiger partial charge >= 0.3 is 11.3 Å². The number of hydrogen-bond acceptors (Lipinski definition) is 7. The summed E-state index contributed by atoms with van der Waals surface area (Å²) in [6.07, 6.45) is 0. The van der Waals surface area contributed by atoms with Crippen molar-refractivity contribution in [2.24, 2.45) is 0 Å². The number of nitro groups is 1. The SMILES string of the molecule is CC(C)c1cc(=O)oc2cc(Oc3ccc([N+](=O)[O-])c(C#N)n3)ccc12. The van der Waals surface area contributed by atoms with Crippen molar-refractivity contribution >= 4 is 16.7 Å². The second kappa shape index (κ2) is 6.64. The Labute approximate surface area is 147 Å². The zero-order chi connectivity index (χ0) is 18.8. The molecule has 1 aromatic carbocycles. The van der Waals surface area contributed by atoms with Crippen molar-refractivity contribution in [3.8, 4) is 17.7 Å². The first kappa shape index (κ1) is 17.1. The zero-order valence-electron chi connectivity index (χ0n) is 13.9. The molecule has 0 aliphatic heterocycles. The van der Waals surface area contributed by atoms with E-state index in [2.05, 4.69) is 4.98 Å². The van der Waals surface area contributed by atoms with E-state index in [1.807, 2.05) is 13.8 Å². The van der Waals surface area contributed by atoms with E-state index in [1.165, 1.54) is 18.2 Å². The molecule has 0 bridgehead atoms. The molecule has 0 aliphatic rings. The molecule has 8 heteroatoms. The maximum Gasteiger partial charge on any atom is 0.336 e. The Kier molecular flexibility index (Phi) is 4.37. The summed E-state index contributed by atoms with van der Waals surface area (Å²) < 4.78 is 10.8. The average Bonchev–Trinajstić information content (AvgIpc) is 2.60. The van der Waals surface area contributed by atoms with Crippen LogP contribution in [0.3, 0.4) is 0 Å². The van der Waals surface area contributed by atoms with Crippen LogP contribution in [0.25, 0.3) is 11.0 Å². The van der Waals surface area contributed by atoms with Crippen molar-refractivity contribution in [1.29, 1.82) is 5.26 Å². The maximum atomic E-state index is 11.7. The fourth-order valence-corrected chi connectivity index (χ4v) is 2.55. The quantitative estimate of drug-likeness (QED) is 0.397. The van der Waals surface area contributed by atoms with Crippen molar-refractivity contribution in [3.05, 3.63) is 68.2 Å². The van der Waals surface area contributed by atoms with E-state index in [0.717, 1.165) is 17.0 Å². The molecule has 0 saturated heterocycles. The summed E-state index contributed by atoms with van der Waals surface area (Å²) in [5.41, 5.74) is 0.0237. The lowest BCUT2D eigenvalue weighted by Crippen LogP contribution is -2.02. The highest BCUT2D eigenvalue weighted by atomic mass is 16.6. The number of aromatic nitrogens is 1. The van der Waals surface area contributed by atoms with Gasteiger partial charge in [-0.25, -0.2) is 4.79 Å². The molecule has 0 fully saturated rings. The van der Waals surface area contributed by atoms with Gasteiger partial charge in [-0.2, -0.15) is 10.2 Å². The van der Waals surface area contributed by atoms with Crippen LogP contribution in [0.4, 0.5) is 5.69 Å². The van der Waals surface area contributed by atoms with Gasteiger partial charge in [0.05, 0.1) is 4.92 Å². The van der Waals surface area contributed by atoms with Gasteiger partial charge in [0.2, 0.25) is 11.6 Å². The molecular formula is C18H13N3O5. The van der Waals surface area contributed by atoms with E-state index in [0.29, 0.717) is 11.3 Å². The third-order valence-corrected chi connectivity index (χ3v) is 3.74. The molecule has 8 nitrogen and oxygen atoms in total. The summed E-state index contributed by atoms with van der Waals surface area (Å²) in [4.78, 5) is 25.7. The van der Waals surface area contributed by atoms with Gasteiger partial charge in [0.15, 0.2) is 0 Å². The van der Waals surface area contributed by atoms with Crippen LogP contribution in [-0.2, 0) is 0 Å². The second-order valence-electron chi connectivity index (χ2n) is 5.82. The molecule has 2 aromatic heterocycles. The van der Waals surface area contributed by atoms with Crippen molar-refractivity contribution < 1.29 is 14.1 Å². The first-order valence-electron chi connectivity index (χ1n) is 7.70. The number of nitriles is 1. The Morgan fingerprint density at radius 3 is 2.69 bits per heavy atom. The van der Waals surface area contributed by atoms with Gasteiger partial charge in [-0.1, -0.05) is 13.8 Å². The minimum Gasteiger partial charge on any atom is -0.439 e. The van der Waals surface area contributed by atoms with Gasteiger partial charge in [0, 0.05) is 29.7 Å². The fourth-order valence-electron chi connectivity index (χ4n) is 2.55. The van der Waals surface area contributed by atoms with Gasteiger partial charge in [0.1, 0.15) is 17.4 Å². The van der Waals surface area contributed by atoms with Crippen LogP contribution in [-0.4, -0.2) is 9.91 Å². The van der Waals surface area contributed by atoms with Gasteiger partial charge in [-0.05, 0) is 23.6 Å². The lowest BCUT2D eigenvalue weighted by Gasteiger charge is -2.10. The van der Waals surface area contributed by atoms with E-state index < -0.39 is 16.2 Å². The molecule has 2 heterocycles. The summed E-state index contributed by atoms with van der Waals surface area (Å²) in [5, 5.41) is 20.6. The van der Waals surface area contributed by atoms with Crippen LogP contribution in [0.2, 0.25) is 0 Å². The topological polar surface area (TPSA) is 119 Å². The third-order valence-electron chi connectivity index (χ3n) is 3.74. The molecule has 0 radical (unpaired) electrons. The normalized spacial score (nSPS) is 10.7. The molecule has 0 N–H and O–H groups in total. The molecular weight excluding hydrogens is 338 g/mol. The minimum absolute atomic E-state index is 0.0221. The highest BCUT2D eigenvalue weighted by Gasteiger charge is 2.17. The largest absolute Gasteiger partial charge is 0.439 e. The number of nitrogens with zero attached hydrogens (tertiary/aromatic N) is 3. The lowest BCUT2D eigenvalue weighted by molar-refractivity contribution is -0.385. The Morgan fingerprint density at radius 1 is 1.27 bits per heavy atom. The minimum atomic E-state index is -0.687. The molecule has 0 aliphatic carbocycles. The van der Waals surface area contributed by atoms with Crippen molar-refractivity contribution in [3.63, 3.8) is 0 Å². The van der Waals surface area contributed by atoms with Crippen LogP contribution >= 0.6 is 0 Å².